The number of amides is 1. The molecule has 0 aliphatic carbocycles. The number of nitrogens with zero attached hydrogens (tertiary/aromatic N) is 2. The van der Waals surface area contributed by atoms with Crippen molar-refractivity contribution in [1.29, 1.82) is 0 Å². The maximum absolute atomic E-state index is 12.1. The van der Waals surface area contributed by atoms with Gasteiger partial charge in [-0.2, -0.15) is 0 Å². The lowest BCUT2D eigenvalue weighted by Gasteiger charge is -2.20. The number of halogens is 1. The van der Waals surface area contributed by atoms with Crippen molar-refractivity contribution in [1.82, 2.24) is 10.2 Å². The Morgan fingerprint density at radius 2 is 1.75 bits per heavy atom. The van der Waals surface area contributed by atoms with Gasteiger partial charge in [0.25, 0.3) is 0 Å². The molecule has 2 N–H and O–H groups in total. The van der Waals surface area contributed by atoms with E-state index >= 15 is 0 Å². The summed E-state index contributed by atoms with van der Waals surface area (Å²) in [5.74, 6) is 1.08. The molecule has 1 aromatic heterocycles. The second kappa shape index (κ2) is 8.08. The van der Waals surface area contributed by atoms with E-state index < -0.39 is 0 Å². The van der Waals surface area contributed by atoms with Gasteiger partial charge in [-0.05, 0) is 42.7 Å². The molecule has 0 radical (unpaired) electrons. The van der Waals surface area contributed by atoms with Crippen molar-refractivity contribution >= 4 is 29.1 Å². The van der Waals surface area contributed by atoms with Crippen molar-refractivity contribution in [3.05, 3.63) is 47.0 Å². The van der Waals surface area contributed by atoms with Crippen molar-refractivity contribution in [2.45, 2.75) is 19.4 Å². The highest BCUT2D eigenvalue weighted by Crippen LogP contribution is 2.17. The quantitative estimate of drug-likeness (QED) is 0.870. The molecule has 24 heavy (non-hydrogen) atoms. The molecule has 2 aromatic rings. The van der Waals surface area contributed by atoms with Gasteiger partial charge in [0.2, 0.25) is 5.91 Å². The first-order valence-corrected chi connectivity index (χ1v) is 8.29. The fraction of sp³-hybridized carbons (Fsp3) is 0.353. The number of hydrogen-bond acceptors (Lipinski definition) is 5. The summed E-state index contributed by atoms with van der Waals surface area (Å²) in [5, 5.41) is 14.8. The van der Waals surface area contributed by atoms with Crippen molar-refractivity contribution in [3.63, 3.8) is 0 Å². The zero-order valence-corrected chi connectivity index (χ0v) is 13.9. The molecule has 0 bridgehead atoms. The summed E-state index contributed by atoms with van der Waals surface area (Å²) in [6.07, 6.45) is 1.50. The summed E-state index contributed by atoms with van der Waals surface area (Å²) >= 11 is 5.86. The van der Waals surface area contributed by atoms with E-state index in [-0.39, 0.29) is 11.8 Å². The molecule has 0 spiro atoms. The van der Waals surface area contributed by atoms with Gasteiger partial charge in [-0.25, -0.2) is 0 Å². The Morgan fingerprint density at radius 1 is 1.08 bits per heavy atom. The van der Waals surface area contributed by atoms with Gasteiger partial charge in [-0.3, -0.25) is 4.79 Å². The van der Waals surface area contributed by atoms with Crippen molar-refractivity contribution in [2.24, 2.45) is 5.92 Å². The second-order valence-electron chi connectivity index (χ2n) is 5.66. The first kappa shape index (κ1) is 16.7. The Kier molecular flexibility index (Phi) is 5.61. The summed E-state index contributed by atoms with van der Waals surface area (Å²) in [4.78, 5) is 12.1. The minimum absolute atomic E-state index is 0.0109. The SMILES string of the molecule is O=C(Nc1ccc(NCc2ccc(Cl)cc2)nn1)C1CCOCC1. The van der Waals surface area contributed by atoms with Gasteiger partial charge in [-0.1, -0.05) is 23.7 Å². The molecular weight excluding hydrogens is 328 g/mol. The molecule has 3 rings (SSSR count). The van der Waals surface area contributed by atoms with Crippen LogP contribution in [0.5, 0.6) is 0 Å². The zero-order valence-electron chi connectivity index (χ0n) is 13.2. The van der Waals surface area contributed by atoms with E-state index in [1.54, 1.807) is 12.1 Å². The summed E-state index contributed by atoms with van der Waals surface area (Å²) in [7, 11) is 0. The van der Waals surface area contributed by atoms with E-state index in [4.69, 9.17) is 16.3 Å². The number of rotatable bonds is 5. The van der Waals surface area contributed by atoms with Gasteiger partial charge in [0.15, 0.2) is 5.82 Å². The lowest BCUT2D eigenvalue weighted by Crippen LogP contribution is -2.28. The van der Waals surface area contributed by atoms with Gasteiger partial charge < -0.3 is 15.4 Å². The van der Waals surface area contributed by atoms with Gasteiger partial charge in [0.05, 0.1) is 0 Å². The monoisotopic (exact) mass is 346 g/mol. The molecule has 1 saturated heterocycles. The number of carbonyl (C=O) groups excluding carboxylic acids is 1. The normalized spacial score (nSPS) is 15.0. The third-order valence-corrected chi connectivity index (χ3v) is 4.15. The Morgan fingerprint density at radius 3 is 2.42 bits per heavy atom. The molecular formula is C17H19ClN4O2. The van der Waals surface area contributed by atoms with E-state index in [0.717, 1.165) is 18.4 Å². The topological polar surface area (TPSA) is 76.1 Å². The largest absolute Gasteiger partial charge is 0.381 e. The molecule has 1 aliphatic heterocycles. The maximum Gasteiger partial charge on any atom is 0.228 e. The average Bonchev–Trinajstić information content (AvgIpc) is 2.63. The van der Waals surface area contributed by atoms with Crippen LogP contribution >= 0.6 is 11.6 Å². The van der Waals surface area contributed by atoms with Crippen LogP contribution in [0.25, 0.3) is 0 Å². The van der Waals surface area contributed by atoms with Gasteiger partial charge in [-0.15, -0.1) is 10.2 Å². The first-order valence-electron chi connectivity index (χ1n) is 7.91. The standard InChI is InChI=1S/C17H19ClN4O2/c18-14-3-1-12(2-4-14)11-19-15-5-6-16(22-21-15)20-17(23)13-7-9-24-10-8-13/h1-6,13H,7-11H2,(H,19,21)(H,20,22,23). The predicted molar refractivity (Wildman–Crippen MR) is 93.0 cm³/mol. The molecule has 7 heteroatoms. The molecule has 126 valence electrons. The number of aromatic nitrogens is 2. The van der Waals surface area contributed by atoms with Crippen LogP contribution in [-0.4, -0.2) is 29.3 Å². The van der Waals surface area contributed by atoms with E-state index in [9.17, 15) is 4.79 Å². The molecule has 0 unspecified atom stereocenters. The number of anilines is 2. The molecule has 0 atom stereocenters. The number of ether oxygens (including phenoxy) is 1. The van der Waals surface area contributed by atoms with E-state index in [1.165, 1.54) is 0 Å². The van der Waals surface area contributed by atoms with Crippen LogP contribution in [0.15, 0.2) is 36.4 Å². The molecule has 1 aliphatic rings. The van der Waals surface area contributed by atoms with E-state index in [2.05, 4.69) is 20.8 Å². The molecule has 1 fully saturated rings. The van der Waals surface area contributed by atoms with Crippen LogP contribution in [0, 0.1) is 5.92 Å². The lowest BCUT2D eigenvalue weighted by molar-refractivity contribution is -0.122. The minimum atomic E-state index is -0.0190. The lowest BCUT2D eigenvalue weighted by atomic mass is 9.99. The molecule has 2 heterocycles. The summed E-state index contributed by atoms with van der Waals surface area (Å²) < 4.78 is 5.26. The fourth-order valence-corrected chi connectivity index (χ4v) is 2.60. The van der Waals surface area contributed by atoms with Crippen LogP contribution in [0.2, 0.25) is 5.02 Å². The predicted octanol–water partition coefficient (Wildman–Crippen LogP) is 3.11. The fourth-order valence-electron chi connectivity index (χ4n) is 2.48. The van der Waals surface area contributed by atoms with Crippen LogP contribution < -0.4 is 10.6 Å². The van der Waals surface area contributed by atoms with Gasteiger partial charge in [0, 0.05) is 30.7 Å². The Hall–Kier alpha value is -2.18. The zero-order chi connectivity index (χ0) is 16.8. The summed E-state index contributed by atoms with van der Waals surface area (Å²) in [6, 6.07) is 11.1. The van der Waals surface area contributed by atoms with Crippen LogP contribution in [0.3, 0.4) is 0 Å². The van der Waals surface area contributed by atoms with Crippen LogP contribution in [0.1, 0.15) is 18.4 Å². The first-order chi connectivity index (χ1) is 11.7. The average molecular weight is 347 g/mol. The number of nitrogens with one attached hydrogen (secondary N) is 2. The maximum atomic E-state index is 12.1. The van der Waals surface area contributed by atoms with Crippen LogP contribution in [-0.2, 0) is 16.1 Å². The molecule has 6 nitrogen and oxygen atoms in total. The second-order valence-corrected chi connectivity index (χ2v) is 6.10. The third kappa shape index (κ3) is 4.66. The Balaban J connectivity index is 1.51. The highest BCUT2D eigenvalue weighted by Gasteiger charge is 2.21. The highest BCUT2D eigenvalue weighted by molar-refractivity contribution is 6.30. The Labute approximate surface area is 145 Å². The van der Waals surface area contributed by atoms with Gasteiger partial charge >= 0.3 is 0 Å². The number of carbonyl (C=O) groups is 1. The number of benzene rings is 1. The van der Waals surface area contributed by atoms with Crippen LogP contribution in [0.4, 0.5) is 11.6 Å². The third-order valence-electron chi connectivity index (χ3n) is 3.89. The summed E-state index contributed by atoms with van der Waals surface area (Å²) in [5.41, 5.74) is 1.10. The van der Waals surface area contributed by atoms with Gasteiger partial charge in [0.1, 0.15) is 5.82 Å². The molecule has 1 amide bonds. The smallest absolute Gasteiger partial charge is 0.228 e. The van der Waals surface area contributed by atoms with E-state index in [0.29, 0.717) is 36.4 Å². The van der Waals surface area contributed by atoms with Crippen molar-refractivity contribution in [2.75, 3.05) is 23.8 Å². The molecule has 1 aromatic carbocycles. The highest BCUT2D eigenvalue weighted by atomic mass is 35.5. The Bertz CT molecular complexity index is 670. The minimum Gasteiger partial charge on any atom is -0.381 e. The van der Waals surface area contributed by atoms with E-state index in [1.807, 2.05) is 24.3 Å². The van der Waals surface area contributed by atoms with Crippen molar-refractivity contribution < 1.29 is 9.53 Å². The number of hydrogen-bond donors (Lipinski definition) is 2. The summed E-state index contributed by atoms with van der Waals surface area (Å²) in [6.45, 7) is 1.90. The van der Waals surface area contributed by atoms with Crippen molar-refractivity contribution in [3.8, 4) is 0 Å². The molecule has 0 saturated carbocycles.